The Labute approximate surface area is 173 Å². The molecule has 4 heteroatoms. The average molecular weight is 393 g/mol. The molecule has 0 spiro atoms. The Balaban J connectivity index is 1.57. The van der Waals surface area contributed by atoms with E-state index >= 15 is 0 Å². The number of aromatic nitrogens is 2. The summed E-state index contributed by atoms with van der Waals surface area (Å²) >= 11 is 0. The first-order valence-corrected chi connectivity index (χ1v) is 10.8. The zero-order valence-electron chi connectivity index (χ0n) is 17.9. The summed E-state index contributed by atoms with van der Waals surface area (Å²) in [6.45, 7) is 6.20. The van der Waals surface area contributed by atoms with Gasteiger partial charge in [-0.15, -0.1) is 0 Å². The van der Waals surface area contributed by atoms with E-state index in [9.17, 15) is 4.79 Å². The minimum absolute atomic E-state index is 0.0171. The number of rotatable bonds is 10. The number of hydrogen-bond acceptors (Lipinski definition) is 3. The molecule has 1 aromatic heterocycles. The SMILES string of the molecule is CCCCCCCCc1c(C)nn(C(=O)COc2ccc3ccccc3c2)c1C. The van der Waals surface area contributed by atoms with Crippen molar-refractivity contribution in [3.8, 4) is 5.75 Å². The van der Waals surface area contributed by atoms with Crippen molar-refractivity contribution in [2.24, 2.45) is 0 Å². The molecule has 0 amide bonds. The van der Waals surface area contributed by atoms with Crippen LogP contribution in [-0.4, -0.2) is 22.3 Å². The molecule has 2 aromatic carbocycles. The highest BCUT2D eigenvalue weighted by molar-refractivity contribution is 5.84. The summed E-state index contributed by atoms with van der Waals surface area (Å²) in [6, 6.07) is 14.0. The zero-order valence-corrected chi connectivity index (χ0v) is 17.9. The molecule has 0 saturated carbocycles. The smallest absolute Gasteiger partial charge is 0.284 e. The molecule has 3 rings (SSSR count). The lowest BCUT2D eigenvalue weighted by molar-refractivity contribution is 0.0818. The van der Waals surface area contributed by atoms with Crippen LogP contribution in [0.3, 0.4) is 0 Å². The summed E-state index contributed by atoms with van der Waals surface area (Å²) in [7, 11) is 0. The largest absolute Gasteiger partial charge is 0.484 e. The van der Waals surface area contributed by atoms with Crippen molar-refractivity contribution in [1.82, 2.24) is 9.78 Å². The molecule has 0 aliphatic rings. The van der Waals surface area contributed by atoms with E-state index in [0.29, 0.717) is 5.75 Å². The van der Waals surface area contributed by atoms with Crippen LogP contribution < -0.4 is 4.74 Å². The highest BCUT2D eigenvalue weighted by Gasteiger charge is 2.16. The second-order valence-corrected chi connectivity index (χ2v) is 7.77. The number of benzene rings is 2. The number of hydrogen-bond donors (Lipinski definition) is 0. The highest BCUT2D eigenvalue weighted by Crippen LogP contribution is 2.21. The van der Waals surface area contributed by atoms with Crippen LogP contribution in [0.2, 0.25) is 0 Å². The van der Waals surface area contributed by atoms with Gasteiger partial charge in [-0.3, -0.25) is 4.79 Å². The van der Waals surface area contributed by atoms with E-state index in [1.165, 1.54) is 42.3 Å². The fourth-order valence-corrected chi connectivity index (χ4v) is 3.83. The van der Waals surface area contributed by atoms with Crippen molar-refractivity contribution in [1.29, 1.82) is 0 Å². The van der Waals surface area contributed by atoms with E-state index in [1.807, 2.05) is 50.2 Å². The quantitative estimate of drug-likeness (QED) is 0.382. The lowest BCUT2D eigenvalue weighted by Gasteiger charge is -2.08. The van der Waals surface area contributed by atoms with Gasteiger partial charge in [-0.25, -0.2) is 4.68 Å². The number of unbranched alkanes of at least 4 members (excludes halogenated alkanes) is 5. The standard InChI is InChI=1S/C25H32N2O2/c1-4-5-6-7-8-9-14-24-19(2)26-27(20(24)3)25(28)18-29-23-16-15-21-12-10-11-13-22(21)17-23/h10-13,15-17H,4-9,14,18H2,1-3H3. The van der Waals surface area contributed by atoms with E-state index in [-0.39, 0.29) is 12.5 Å². The Morgan fingerprint density at radius 3 is 2.48 bits per heavy atom. The highest BCUT2D eigenvalue weighted by atomic mass is 16.5. The van der Waals surface area contributed by atoms with Crippen molar-refractivity contribution in [2.75, 3.05) is 6.61 Å². The van der Waals surface area contributed by atoms with Gasteiger partial charge in [-0.1, -0.05) is 69.4 Å². The number of fused-ring (bicyclic) bond motifs is 1. The molecule has 4 nitrogen and oxygen atoms in total. The molecule has 29 heavy (non-hydrogen) atoms. The van der Waals surface area contributed by atoms with Crippen LogP contribution in [0.4, 0.5) is 0 Å². The lowest BCUT2D eigenvalue weighted by Crippen LogP contribution is -2.21. The molecular formula is C25H32N2O2. The summed E-state index contributed by atoms with van der Waals surface area (Å²) in [4.78, 5) is 12.7. The maximum atomic E-state index is 12.7. The summed E-state index contributed by atoms with van der Waals surface area (Å²) < 4.78 is 7.28. The predicted octanol–water partition coefficient (Wildman–Crippen LogP) is 6.28. The van der Waals surface area contributed by atoms with Gasteiger partial charge in [0.15, 0.2) is 6.61 Å². The van der Waals surface area contributed by atoms with Gasteiger partial charge >= 0.3 is 0 Å². The maximum absolute atomic E-state index is 12.7. The second-order valence-electron chi connectivity index (χ2n) is 7.77. The Kier molecular flexibility index (Phi) is 7.45. The molecule has 0 radical (unpaired) electrons. The Bertz CT molecular complexity index is 959. The predicted molar refractivity (Wildman–Crippen MR) is 119 cm³/mol. The van der Waals surface area contributed by atoms with Gasteiger partial charge in [0.25, 0.3) is 5.91 Å². The Morgan fingerprint density at radius 2 is 1.69 bits per heavy atom. The van der Waals surface area contributed by atoms with Gasteiger partial charge in [0.05, 0.1) is 5.69 Å². The molecule has 0 aliphatic heterocycles. The van der Waals surface area contributed by atoms with Crippen LogP contribution in [0.15, 0.2) is 42.5 Å². The summed E-state index contributed by atoms with van der Waals surface area (Å²) in [5.41, 5.74) is 3.11. The molecule has 0 fully saturated rings. The molecule has 0 unspecified atom stereocenters. The monoisotopic (exact) mass is 392 g/mol. The summed E-state index contributed by atoms with van der Waals surface area (Å²) in [6.07, 6.45) is 8.58. The number of nitrogens with zero attached hydrogens (tertiary/aromatic N) is 2. The molecule has 0 N–H and O–H groups in total. The first-order chi connectivity index (χ1) is 14.1. The maximum Gasteiger partial charge on any atom is 0.284 e. The van der Waals surface area contributed by atoms with E-state index < -0.39 is 0 Å². The van der Waals surface area contributed by atoms with Crippen LogP contribution >= 0.6 is 0 Å². The zero-order chi connectivity index (χ0) is 20.6. The normalized spacial score (nSPS) is 11.1. The van der Waals surface area contributed by atoms with Crippen LogP contribution in [0.5, 0.6) is 5.75 Å². The van der Waals surface area contributed by atoms with Crippen molar-refractivity contribution in [3.05, 3.63) is 59.4 Å². The third kappa shape index (κ3) is 5.47. The van der Waals surface area contributed by atoms with Crippen molar-refractivity contribution in [2.45, 2.75) is 65.7 Å². The fraction of sp³-hybridized carbons (Fsp3) is 0.440. The van der Waals surface area contributed by atoms with Gasteiger partial charge < -0.3 is 4.74 Å². The first kappa shape index (κ1) is 21.1. The summed E-state index contributed by atoms with van der Waals surface area (Å²) in [5.74, 6) is 0.568. The molecule has 1 heterocycles. The molecule has 0 atom stereocenters. The van der Waals surface area contributed by atoms with Crippen molar-refractivity contribution >= 4 is 16.7 Å². The number of aryl methyl sites for hydroxylation is 1. The van der Waals surface area contributed by atoms with Crippen LogP contribution in [0, 0.1) is 13.8 Å². The van der Waals surface area contributed by atoms with E-state index in [0.717, 1.165) is 35.0 Å². The third-order valence-electron chi connectivity index (χ3n) is 5.54. The Morgan fingerprint density at radius 1 is 0.966 bits per heavy atom. The minimum atomic E-state index is -0.132. The van der Waals surface area contributed by atoms with E-state index in [4.69, 9.17) is 4.74 Å². The molecule has 154 valence electrons. The third-order valence-corrected chi connectivity index (χ3v) is 5.54. The topological polar surface area (TPSA) is 44.1 Å². The van der Waals surface area contributed by atoms with Crippen molar-refractivity contribution < 1.29 is 9.53 Å². The minimum Gasteiger partial charge on any atom is -0.484 e. The molecule has 0 bridgehead atoms. The molecule has 0 saturated heterocycles. The first-order valence-electron chi connectivity index (χ1n) is 10.8. The number of carbonyl (C=O) groups is 1. The van der Waals surface area contributed by atoms with Crippen LogP contribution in [0.1, 0.15) is 67.2 Å². The number of ether oxygens (including phenoxy) is 1. The second kappa shape index (κ2) is 10.2. The van der Waals surface area contributed by atoms with Gasteiger partial charge in [0.2, 0.25) is 0 Å². The molecule has 3 aromatic rings. The van der Waals surface area contributed by atoms with E-state index in [1.54, 1.807) is 0 Å². The van der Waals surface area contributed by atoms with Gasteiger partial charge in [-0.05, 0) is 55.2 Å². The Hall–Kier alpha value is -2.62. The fourth-order valence-electron chi connectivity index (χ4n) is 3.83. The van der Waals surface area contributed by atoms with E-state index in [2.05, 4.69) is 18.1 Å². The van der Waals surface area contributed by atoms with Gasteiger partial charge in [-0.2, -0.15) is 5.10 Å². The van der Waals surface area contributed by atoms with Gasteiger partial charge in [0.1, 0.15) is 5.75 Å². The van der Waals surface area contributed by atoms with Gasteiger partial charge in [0, 0.05) is 5.69 Å². The summed E-state index contributed by atoms with van der Waals surface area (Å²) in [5, 5.41) is 6.75. The molecular weight excluding hydrogens is 360 g/mol. The number of carbonyl (C=O) groups excluding carboxylic acids is 1. The van der Waals surface area contributed by atoms with Crippen LogP contribution in [-0.2, 0) is 6.42 Å². The average Bonchev–Trinajstić information content (AvgIpc) is 3.02. The molecule has 0 aliphatic carbocycles. The lowest BCUT2D eigenvalue weighted by atomic mass is 10.0. The van der Waals surface area contributed by atoms with Crippen LogP contribution in [0.25, 0.3) is 10.8 Å². The van der Waals surface area contributed by atoms with Crippen molar-refractivity contribution in [3.63, 3.8) is 0 Å².